The Hall–Kier alpha value is -2.84. The van der Waals surface area contributed by atoms with Gasteiger partial charge in [0.1, 0.15) is 23.2 Å². The number of sulfonamides is 1. The summed E-state index contributed by atoms with van der Waals surface area (Å²) in [6.07, 6.45) is 5.92. The van der Waals surface area contributed by atoms with Gasteiger partial charge in [0.05, 0.1) is 0 Å². The number of nitrogens with one attached hydrogen (secondary N) is 3. The topological polar surface area (TPSA) is 151 Å². The first-order valence-electron chi connectivity index (χ1n) is 12.9. The van der Waals surface area contributed by atoms with Gasteiger partial charge in [-0.2, -0.15) is 21.6 Å². The Morgan fingerprint density at radius 1 is 1.10 bits per heavy atom. The molecule has 4 amide bonds. The molecule has 3 rings (SSSR count). The van der Waals surface area contributed by atoms with Gasteiger partial charge in [0.15, 0.2) is 0 Å². The maximum absolute atomic E-state index is 13.5. The van der Waals surface area contributed by atoms with Crippen LogP contribution in [0.15, 0.2) is 12.2 Å². The van der Waals surface area contributed by atoms with Crippen LogP contribution in [0.4, 0.5) is 18.0 Å². The number of rotatable bonds is 3. The Kier molecular flexibility index (Phi) is 8.92. The van der Waals surface area contributed by atoms with Crippen LogP contribution < -0.4 is 15.4 Å². The lowest BCUT2D eigenvalue weighted by Crippen LogP contribution is -2.59. The van der Waals surface area contributed by atoms with Crippen LogP contribution in [-0.4, -0.2) is 72.4 Å². The molecular weight excluding hydrogens is 545 g/mol. The number of hydrogen-bond acceptors (Lipinski definition) is 7. The minimum Gasteiger partial charge on any atom is -0.444 e. The maximum atomic E-state index is 13.5. The van der Waals surface area contributed by atoms with Gasteiger partial charge in [-0.1, -0.05) is 25.0 Å². The number of carbonyl (C=O) groups is 4. The fourth-order valence-electron chi connectivity index (χ4n) is 4.81. The number of allylic oxidation sites excluding steroid dienone is 1. The Morgan fingerprint density at radius 3 is 2.44 bits per heavy atom. The molecule has 0 bridgehead atoms. The molecule has 15 heteroatoms. The van der Waals surface area contributed by atoms with Gasteiger partial charge in [0.25, 0.3) is 5.91 Å². The molecule has 2 fully saturated rings. The molecule has 0 aromatic heterocycles. The van der Waals surface area contributed by atoms with E-state index in [1.807, 2.05) is 0 Å². The third-order valence-corrected chi connectivity index (χ3v) is 7.92. The molecule has 11 nitrogen and oxygen atoms in total. The van der Waals surface area contributed by atoms with Crippen LogP contribution >= 0.6 is 0 Å². The van der Waals surface area contributed by atoms with E-state index < -0.39 is 68.5 Å². The summed E-state index contributed by atoms with van der Waals surface area (Å²) in [7, 11) is -5.99. The van der Waals surface area contributed by atoms with E-state index in [0.29, 0.717) is 38.5 Å². The molecule has 1 aliphatic carbocycles. The predicted molar refractivity (Wildman–Crippen MR) is 132 cm³/mol. The van der Waals surface area contributed by atoms with Gasteiger partial charge < -0.3 is 20.3 Å². The average Bonchev–Trinajstić information content (AvgIpc) is 3.25. The molecule has 3 N–H and O–H groups in total. The summed E-state index contributed by atoms with van der Waals surface area (Å²) in [5, 5.41) is 5.04. The van der Waals surface area contributed by atoms with E-state index in [1.165, 1.54) is 4.90 Å². The fraction of sp³-hybridized carbons (Fsp3) is 0.750. The smallest absolute Gasteiger partial charge is 0.444 e. The molecule has 3 aliphatic rings. The Bertz CT molecular complexity index is 1120. The number of carbonyl (C=O) groups excluding carboxylic acids is 4. The fourth-order valence-corrected chi connectivity index (χ4v) is 5.36. The van der Waals surface area contributed by atoms with Crippen LogP contribution in [0.1, 0.15) is 72.1 Å². The van der Waals surface area contributed by atoms with Crippen molar-refractivity contribution >= 4 is 33.8 Å². The molecule has 39 heavy (non-hydrogen) atoms. The lowest BCUT2D eigenvalue weighted by molar-refractivity contribution is -0.141. The normalized spacial score (nSPS) is 28.8. The Morgan fingerprint density at radius 2 is 1.79 bits per heavy atom. The van der Waals surface area contributed by atoms with Crippen LogP contribution in [0.3, 0.4) is 0 Å². The zero-order valence-corrected chi connectivity index (χ0v) is 22.9. The van der Waals surface area contributed by atoms with Crippen LogP contribution in [0.25, 0.3) is 0 Å². The first-order chi connectivity index (χ1) is 18.0. The van der Waals surface area contributed by atoms with E-state index in [1.54, 1.807) is 32.9 Å². The standard InChI is InChI=1S/C24H35F3N4O7S/c1-22(2,3)38-21(35)28-16-11-8-6-4-5-7-10-15-14-23(15,20(34)30-39(36,37)24(25,26)27)29-18(32)17-12-9-13-31(17)19(16)33/h7,10,15-17H,4-6,8-9,11-14H2,1-3H3,(H,28,35)(H,29,32)(H,30,34)/t15-,16+,17+,23-/m1/s1. The van der Waals surface area contributed by atoms with Crippen LogP contribution in [0, 0.1) is 5.92 Å². The zero-order valence-electron chi connectivity index (χ0n) is 22.1. The monoisotopic (exact) mass is 580 g/mol. The highest BCUT2D eigenvalue weighted by Crippen LogP contribution is 2.46. The van der Waals surface area contributed by atoms with Gasteiger partial charge in [0, 0.05) is 12.5 Å². The summed E-state index contributed by atoms with van der Waals surface area (Å²) >= 11 is 0. The number of hydrogen-bond donors (Lipinski definition) is 3. The van der Waals surface area contributed by atoms with Gasteiger partial charge in [-0.3, -0.25) is 14.4 Å². The maximum Gasteiger partial charge on any atom is 0.516 e. The van der Waals surface area contributed by atoms with Crippen molar-refractivity contribution in [2.45, 2.75) is 101 Å². The first-order valence-corrected chi connectivity index (χ1v) is 14.4. The second kappa shape index (κ2) is 11.3. The van der Waals surface area contributed by atoms with Crippen molar-refractivity contribution in [2.75, 3.05) is 6.54 Å². The summed E-state index contributed by atoms with van der Waals surface area (Å²) in [6, 6.07) is -2.03. The number of halogens is 3. The van der Waals surface area contributed by atoms with E-state index in [-0.39, 0.29) is 19.4 Å². The Labute approximate surface area is 225 Å². The van der Waals surface area contributed by atoms with Crippen molar-refractivity contribution < 1.29 is 45.5 Å². The summed E-state index contributed by atoms with van der Waals surface area (Å²) in [4.78, 5) is 53.3. The summed E-state index contributed by atoms with van der Waals surface area (Å²) in [5.74, 6) is -3.52. The van der Waals surface area contributed by atoms with E-state index >= 15 is 0 Å². The van der Waals surface area contributed by atoms with Crippen LogP contribution in [-0.2, 0) is 29.1 Å². The summed E-state index contributed by atoms with van der Waals surface area (Å²) in [5.41, 5.74) is -8.42. The van der Waals surface area contributed by atoms with Gasteiger partial charge in [0.2, 0.25) is 11.8 Å². The average molecular weight is 581 g/mol. The predicted octanol–water partition coefficient (Wildman–Crippen LogP) is 2.23. The lowest BCUT2D eigenvalue weighted by atomic mass is 10.0. The number of alkyl halides is 3. The highest BCUT2D eigenvalue weighted by Gasteiger charge is 2.62. The quantitative estimate of drug-likeness (QED) is 0.433. The Balaban J connectivity index is 1.85. The number of nitrogens with zero attached hydrogens (tertiary/aromatic N) is 1. The van der Waals surface area contributed by atoms with E-state index in [2.05, 4.69) is 10.6 Å². The molecule has 0 aromatic carbocycles. The summed E-state index contributed by atoms with van der Waals surface area (Å²) < 4.78 is 68.3. The second-order valence-electron chi connectivity index (χ2n) is 11.1. The SMILES string of the molecule is CC(C)(C)OC(=O)N[C@H]1CCCCCC=C[C@@H]2C[C@@]2(C(=O)NS(=O)(=O)C(F)(F)F)NC(=O)[C@@H]2CCCN2C1=O. The van der Waals surface area contributed by atoms with Crippen molar-refractivity contribution in [1.29, 1.82) is 0 Å². The molecule has 220 valence electrons. The molecule has 1 saturated carbocycles. The van der Waals surface area contributed by atoms with Gasteiger partial charge in [-0.15, -0.1) is 0 Å². The third-order valence-electron chi connectivity index (χ3n) is 6.86. The van der Waals surface area contributed by atoms with Crippen molar-refractivity contribution in [3.63, 3.8) is 0 Å². The largest absolute Gasteiger partial charge is 0.516 e. The number of alkyl carbamates (subject to hydrolysis) is 1. The third kappa shape index (κ3) is 7.42. The molecule has 0 spiro atoms. The lowest BCUT2D eigenvalue weighted by Gasteiger charge is -2.30. The van der Waals surface area contributed by atoms with Crippen molar-refractivity contribution in [3.05, 3.63) is 12.2 Å². The minimum absolute atomic E-state index is 0.0993. The van der Waals surface area contributed by atoms with Crippen molar-refractivity contribution in [2.24, 2.45) is 5.92 Å². The van der Waals surface area contributed by atoms with Gasteiger partial charge in [-0.25, -0.2) is 9.52 Å². The van der Waals surface area contributed by atoms with Crippen LogP contribution in [0.5, 0.6) is 0 Å². The van der Waals surface area contributed by atoms with E-state index in [9.17, 15) is 40.8 Å². The summed E-state index contributed by atoms with van der Waals surface area (Å²) in [6.45, 7) is 5.22. The molecule has 2 aliphatic heterocycles. The number of fused-ring (bicyclic) bond motifs is 2. The van der Waals surface area contributed by atoms with Crippen molar-refractivity contribution in [1.82, 2.24) is 20.3 Å². The molecule has 2 heterocycles. The highest BCUT2D eigenvalue weighted by atomic mass is 32.2. The zero-order chi connectivity index (χ0) is 29.2. The number of amides is 4. The molecule has 0 unspecified atom stereocenters. The highest BCUT2D eigenvalue weighted by molar-refractivity contribution is 7.90. The molecular formula is C24H35F3N4O7S. The first kappa shape index (κ1) is 30.7. The van der Waals surface area contributed by atoms with Crippen LogP contribution in [0.2, 0.25) is 0 Å². The molecule has 0 aromatic rings. The van der Waals surface area contributed by atoms with Gasteiger partial charge >= 0.3 is 21.6 Å². The van der Waals surface area contributed by atoms with E-state index in [0.717, 1.165) is 4.72 Å². The number of ether oxygens (including phenoxy) is 1. The molecule has 1 saturated heterocycles. The molecule has 4 atom stereocenters. The minimum atomic E-state index is -5.99. The van der Waals surface area contributed by atoms with E-state index in [4.69, 9.17) is 4.74 Å². The van der Waals surface area contributed by atoms with Crippen molar-refractivity contribution in [3.8, 4) is 0 Å². The second-order valence-corrected chi connectivity index (χ2v) is 12.8. The molecule has 0 radical (unpaired) electrons. The van der Waals surface area contributed by atoms with Gasteiger partial charge in [-0.05, 0) is 59.3 Å².